The van der Waals surface area contributed by atoms with E-state index in [1.54, 1.807) is 0 Å². The quantitative estimate of drug-likeness (QED) is 0.483. The van der Waals surface area contributed by atoms with Crippen molar-refractivity contribution in [3.05, 3.63) is 38.1 Å². The topological polar surface area (TPSA) is 132 Å². The fraction of sp³-hybridized carbons (Fsp3) is 0. The van der Waals surface area contributed by atoms with Crippen LogP contribution in [0.25, 0.3) is 10.9 Å². The van der Waals surface area contributed by atoms with E-state index in [0.717, 1.165) is 12.1 Å². The third-order valence-corrected chi connectivity index (χ3v) is 2.17. The molecule has 1 N–H and O–H groups in total. The Hall–Kier alpha value is -2.84. The van der Waals surface area contributed by atoms with Crippen LogP contribution in [0.4, 0.5) is 11.4 Å². The number of fused-ring (bicyclic) bond motifs is 1. The van der Waals surface area contributed by atoms with E-state index in [2.05, 4.69) is 10.2 Å². The molecule has 2 rings (SSSR count). The van der Waals surface area contributed by atoms with Crippen LogP contribution in [0, 0.1) is 20.2 Å². The molecule has 0 saturated carbocycles. The summed E-state index contributed by atoms with van der Waals surface area (Å²) in [6.07, 6.45) is 0.369. The molecule has 0 unspecified atom stereocenters. The molecule has 0 spiro atoms. The van der Waals surface area contributed by atoms with Crippen LogP contribution in [0.1, 0.15) is 10.5 Å². The predicted molar refractivity (Wildman–Crippen MR) is 54.8 cm³/mol. The standard InChI is InChI=1S/C8H4N4O5/c13-3-6-8-5(9-10-6)1-4(11(14)15)2-7(8)12(16)17/h1-3H,(H,9,10). The summed E-state index contributed by atoms with van der Waals surface area (Å²) in [6.45, 7) is 0. The maximum absolute atomic E-state index is 10.8. The van der Waals surface area contributed by atoms with E-state index in [1.807, 2.05) is 0 Å². The van der Waals surface area contributed by atoms with Gasteiger partial charge in [0.25, 0.3) is 11.4 Å². The lowest BCUT2D eigenvalue weighted by Crippen LogP contribution is -1.94. The minimum atomic E-state index is -0.794. The Labute approximate surface area is 92.3 Å². The summed E-state index contributed by atoms with van der Waals surface area (Å²) in [5.41, 5.74) is -1.05. The number of hydrogen-bond acceptors (Lipinski definition) is 6. The first-order valence-corrected chi connectivity index (χ1v) is 4.30. The Balaban J connectivity index is 2.88. The minimum absolute atomic E-state index is 0.00741. The second kappa shape index (κ2) is 3.63. The molecule has 0 radical (unpaired) electrons. The van der Waals surface area contributed by atoms with Crippen molar-refractivity contribution in [2.24, 2.45) is 0 Å². The van der Waals surface area contributed by atoms with E-state index in [1.165, 1.54) is 0 Å². The van der Waals surface area contributed by atoms with Crippen molar-refractivity contribution in [2.75, 3.05) is 0 Å². The van der Waals surface area contributed by atoms with Crippen LogP contribution in [0.3, 0.4) is 0 Å². The molecule has 0 fully saturated rings. The highest BCUT2D eigenvalue weighted by atomic mass is 16.6. The van der Waals surface area contributed by atoms with Gasteiger partial charge in [0.05, 0.1) is 15.9 Å². The zero-order valence-electron chi connectivity index (χ0n) is 8.11. The Kier molecular flexibility index (Phi) is 2.28. The van der Waals surface area contributed by atoms with Crippen molar-refractivity contribution >= 4 is 28.6 Å². The van der Waals surface area contributed by atoms with Gasteiger partial charge in [-0.15, -0.1) is 0 Å². The number of hydrogen-bond donors (Lipinski definition) is 1. The molecule has 0 saturated heterocycles. The smallest absolute Gasteiger partial charge is 0.288 e. The van der Waals surface area contributed by atoms with Crippen LogP contribution in [-0.4, -0.2) is 26.3 Å². The molecule has 2 aromatic rings. The molecule has 0 aliphatic rings. The fourth-order valence-electron chi connectivity index (χ4n) is 1.47. The molecule has 0 bridgehead atoms. The van der Waals surface area contributed by atoms with Crippen molar-refractivity contribution in [3.63, 3.8) is 0 Å². The van der Waals surface area contributed by atoms with Crippen LogP contribution in [0.2, 0.25) is 0 Å². The number of rotatable bonds is 3. The monoisotopic (exact) mass is 236 g/mol. The number of carbonyl (C=O) groups excluding carboxylic acids is 1. The van der Waals surface area contributed by atoms with Crippen molar-refractivity contribution in [1.29, 1.82) is 0 Å². The molecule has 0 aliphatic carbocycles. The van der Waals surface area contributed by atoms with Gasteiger partial charge in [0, 0.05) is 6.07 Å². The lowest BCUT2D eigenvalue weighted by Gasteiger charge is -1.95. The number of nitro groups is 2. The molecule has 1 aromatic heterocycles. The van der Waals surface area contributed by atoms with Gasteiger partial charge in [-0.2, -0.15) is 5.10 Å². The van der Waals surface area contributed by atoms with Gasteiger partial charge >= 0.3 is 0 Å². The van der Waals surface area contributed by atoms with Crippen LogP contribution in [0.15, 0.2) is 12.1 Å². The Morgan fingerprint density at radius 1 is 1.24 bits per heavy atom. The lowest BCUT2D eigenvalue weighted by molar-refractivity contribution is -0.393. The number of carbonyl (C=O) groups is 1. The second-order valence-corrected chi connectivity index (χ2v) is 3.13. The first-order valence-electron chi connectivity index (χ1n) is 4.30. The Morgan fingerprint density at radius 3 is 2.47 bits per heavy atom. The van der Waals surface area contributed by atoms with E-state index in [4.69, 9.17) is 0 Å². The van der Waals surface area contributed by atoms with Gasteiger partial charge in [-0.05, 0) is 0 Å². The summed E-state index contributed by atoms with van der Waals surface area (Å²) in [6, 6.07) is 1.86. The Morgan fingerprint density at radius 2 is 1.94 bits per heavy atom. The molecule has 1 aromatic carbocycles. The van der Waals surface area contributed by atoms with Crippen LogP contribution in [-0.2, 0) is 0 Å². The summed E-state index contributed by atoms with van der Waals surface area (Å²) in [5, 5.41) is 27.2. The number of nitro benzene ring substituents is 2. The molecular formula is C8H4N4O5. The molecule has 9 heteroatoms. The van der Waals surface area contributed by atoms with Gasteiger partial charge in [-0.3, -0.25) is 30.1 Å². The van der Waals surface area contributed by atoms with Crippen molar-refractivity contribution in [2.45, 2.75) is 0 Å². The highest BCUT2D eigenvalue weighted by Crippen LogP contribution is 2.31. The summed E-state index contributed by atoms with van der Waals surface area (Å²) in [4.78, 5) is 30.4. The summed E-state index contributed by atoms with van der Waals surface area (Å²) < 4.78 is 0. The number of benzene rings is 1. The van der Waals surface area contributed by atoms with Crippen LogP contribution in [0.5, 0.6) is 0 Å². The summed E-state index contributed by atoms with van der Waals surface area (Å²) in [7, 11) is 0. The molecule has 0 aliphatic heterocycles. The van der Waals surface area contributed by atoms with E-state index in [0.29, 0.717) is 6.29 Å². The number of aromatic amines is 1. The van der Waals surface area contributed by atoms with Gasteiger partial charge in [0.15, 0.2) is 6.29 Å². The summed E-state index contributed by atoms with van der Waals surface area (Å²) in [5.74, 6) is 0. The highest BCUT2D eigenvalue weighted by Gasteiger charge is 2.23. The number of nitrogens with zero attached hydrogens (tertiary/aromatic N) is 3. The number of nitrogens with one attached hydrogen (secondary N) is 1. The van der Waals surface area contributed by atoms with Crippen molar-refractivity contribution < 1.29 is 14.6 Å². The Bertz CT molecular complexity index is 647. The zero-order valence-corrected chi connectivity index (χ0v) is 8.11. The SMILES string of the molecule is O=Cc1[nH]nc2cc([N+](=O)[O-])cc([N+](=O)[O-])c12. The van der Waals surface area contributed by atoms with Gasteiger partial charge in [-0.25, -0.2) is 0 Å². The number of H-pyrrole nitrogens is 1. The zero-order chi connectivity index (χ0) is 12.6. The van der Waals surface area contributed by atoms with Crippen molar-refractivity contribution in [3.8, 4) is 0 Å². The highest BCUT2D eigenvalue weighted by molar-refractivity contribution is 6.01. The van der Waals surface area contributed by atoms with Gasteiger partial charge in [0.1, 0.15) is 16.6 Å². The summed E-state index contributed by atoms with van der Waals surface area (Å²) >= 11 is 0. The second-order valence-electron chi connectivity index (χ2n) is 3.13. The number of non-ortho nitro benzene ring substituents is 2. The molecule has 9 nitrogen and oxygen atoms in total. The van der Waals surface area contributed by atoms with Crippen LogP contribution < -0.4 is 0 Å². The first-order chi connectivity index (χ1) is 8.04. The average Bonchev–Trinajstić information content (AvgIpc) is 2.70. The third kappa shape index (κ3) is 1.58. The third-order valence-electron chi connectivity index (χ3n) is 2.17. The van der Waals surface area contributed by atoms with E-state index < -0.39 is 21.2 Å². The van der Waals surface area contributed by atoms with Crippen LogP contribution >= 0.6 is 0 Å². The van der Waals surface area contributed by atoms with Gasteiger partial charge in [-0.1, -0.05) is 0 Å². The molecule has 17 heavy (non-hydrogen) atoms. The first kappa shape index (κ1) is 10.7. The van der Waals surface area contributed by atoms with E-state index >= 15 is 0 Å². The molecular weight excluding hydrogens is 232 g/mol. The number of aldehydes is 1. The molecule has 1 heterocycles. The maximum Gasteiger partial charge on any atom is 0.288 e. The lowest BCUT2D eigenvalue weighted by atomic mass is 10.1. The van der Waals surface area contributed by atoms with Crippen molar-refractivity contribution in [1.82, 2.24) is 10.2 Å². The van der Waals surface area contributed by atoms with E-state index in [-0.39, 0.29) is 16.6 Å². The van der Waals surface area contributed by atoms with E-state index in [9.17, 15) is 25.0 Å². The molecule has 0 atom stereocenters. The fourth-order valence-corrected chi connectivity index (χ4v) is 1.47. The number of aromatic nitrogens is 2. The minimum Gasteiger partial charge on any atom is -0.296 e. The normalized spacial score (nSPS) is 10.4. The van der Waals surface area contributed by atoms with Gasteiger partial charge in [0.2, 0.25) is 0 Å². The average molecular weight is 236 g/mol. The predicted octanol–water partition coefficient (Wildman–Crippen LogP) is 1.19. The van der Waals surface area contributed by atoms with Gasteiger partial charge < -0.3 is 0 Å². The maximum atomic E-state index is 10.8. The molecule has 0 amide bonds. The largest absolute Gasteiger partial charge is 0.296 e. The molecule has 86 valence electrons.